The third-order valence-electron chi connectivity index (χ3n) is 3.09. The summed E-state index contributed by atoms with van der Waals surface area (Å²) in [6.07, 6.45) is 5.34. The molecule has 0 spiro atoms. The molecule has 20 heavy (non-hydrogen) atoms. The first-order valence-electron chi connectivity index (χ1n) is 6.49. The van der Waals surface area contributed by atoms with Crippen LogP contribution in [0.1, 0.15) is 26.2 Å². The van der Waals surface area contributed by atoms with Gasteiger partial charge in [0.2, 0.25) is 0 Å². The van der Waals surface area contributed by atoms with Gasteiger partial charge in [0.25, 0.3) is 5.69 Å². The largest absolute Gasteiger partial charge is 0.312 e. The number of rotatable bonds is 5. The first-order chi connectivity index (χ1) is 9.69. The highest BCUT2D eigenvalue weighted by molar-refractivity contribution is 6.01. The van der Waals surface area contributed by atoms with Gasteiger partial charge < -0.3 is 4.57 Å². The summed E-state index contributed by atoms with van der Waals surface area (Å²) in [7, 11) is 0. The lowest BCUT2D eigenvalue weighted by Gasteiger charge is -2.03. The number of nitrogens with zero attached hydrogens (tertiary/aromatic N) is 5. The van der Waals surface area contributed by atoms with E-state index in [1.54, 1.807) is 12.1 Å². The van der Waals surface area contributed by atoms with E-state index < -0.39 is 0 Å². The molecule has 1 aromatic rings. The summed E-state index contributed by atoms with van der Waals surface area (Å²) < 4.78 is 2.01. The maximum atomic E-state index is 10.4. The van der Waals surface area contributed by atoms with E-state index in [9.17, 15) is 10.1 Å². The molecule has 0 saturated carbocycles. The fourth-order valence-corrected chi connectivity index (χ4v) is 1.97. The van der Waals surface area contributed by atoms with Crippen LogP contribution in [0.3, 0.4) is 0 Å². The Bertz CT molecular complexity index is 685. The van der Waals surface area contributed by atoms with E-state index in [1.165, 1.54) is 18.9 Å². The van der Waals surface area contributed by atoms with Gasteiger partial charge in [0.05, 0.1) is 16.1 Å². The number of benzene rings is 1. The zero-order chi connectivity index (χ0) is 14.5. The van der Waals surface area contributed by atoms with Gasteiger partial charge in [0.15, 0.2) is 0 Å². The molecule has 104 valence electrons. The Kier molecular flexibility index (Phi) is 4.22. The van der Waals surface area contributed by atoms with Crippen LogP contribution in [-0.4, -0.2) is 16.0 Å². The van der Waals surface area contributed by atoms with E-state index in [4.69, 9.17) is 5.53 Å². The summed E-state index contributed by atoms with van der Waals surface area (Å²) in [6, 6.07) is 4.92. The monoisotopic (exact) mass is 273 g/mol. The number of unbranched alkanes of at least 4 members (excludes halogenated alkanes) is 2. The minimum atomic E-state index is -0.369. The molecular formula is C13H15N5O2. The highest BCUT2D eigenvalue weighted by atomic mass is 16.6. The number of azide groups is 1. The first-order valence-corrected chi connectivity index (χ1v) is 6.49. The minimum Gasteiger partial charge on any atom is -0.312 e. The molecule has 2 aliphatic rings. The lowest BCUT2D eigenvalue weighted by Crippen LogP contribution is -1.91. The second-order valence-electron chi connectivity index (χ2n) is 4.50. The molecule has 0 N–H and O–H groups in total. The zero-order valence-electron chi connectivity index (χ0n) is 11.2. The predicted molar refractivity (Wildman–Crippen MR) is 77.0 cm³/mol. The van der Waals surface area contributed by atoms with Crippen molar-refractivity contribution in [1.29, 1.82) is 0 Å². The van der Waals surface area contributed by atoms with Crippen LogP contribution in [0.2, 0.25) is 0 Å². The topological polar surface area (TPSA) is 96.8 Å². The van der Waals surface area contributed by atoms with Crippen molar-refractivity contribution in [3.63, 3.8) is 0 Å². The van der Waals surface area contributed by atoms with Crippen molar-refractivity contribution in [2.75, 3.05) is 6.54 Å². The Balaban J connectivity index is 0.000000163. The molecule has 0 atom stereocenters. The summed E-state index contributed by atoms with van der Waals surface area (Å²) in [4.78, 5) is 12.6. The molecule has 0 radical (unpaired) electrons. The van der Waals surface area contributed by atoms with Crippen molar-refractivity contribution in [3.8, 4) is 5.69 Å². The predicted octanol–water partition coefficient (Wildman–Crippen LogP) is 4.34. The van der Waals surface area contributed by atoms with Crippen molar-refractivity contribution in [3.05, 3.63) is 45.0 Å². The standard InChI is InChI=1S/C8H4N2O2.C5H11N3/c11-10(12)5-1-2-7-6(3-5)8-4-9(7)8;1-2-3-4-5-7-8-6/h1-4H;2-5H2,1H3. The summed E-state index contributed by atoms with van der Waals surface area (Å²) in [5.41, 5.74) is 10.2. The average Bonchev–Trinajstić information content (AvgIpc) is 3.16. The van der Waals surface area contributed by atoms with E-state index in [0.29, 0.717) is 6.54 Å². The van der Waals surface area contributed by atoms with Gasteiger partial charge in [0.1, 0.15) is 0 Å². The highest BCUT2D eigenvalue weighted by Crippen LogP contribution is 2.40. The molecule has 1 aromatic carbocycles. The number of nitro benzene ring substituents is 1. The third kappa shape index (κ3) is 2.89. The van der Waals surface area contributed by atoms with Crippen LogP contribution in [0, 0.1) is 10.1 Å². The number of aromatic nitrogens is 1. The Morgan fingerprint density at radius 3 is 2.90 bits per heavy atom. The molecule has 2 aliphatic heterocycles. The second kappa shape index (κ2) is 6.08. The minimum absolute atomic E-state index is 0.168. The number of nitro groups is 1. The molecule has 7 heteroatoms. The van der Waals surface area contributed by atoms with Crippen LogP contribution in [0.5, 0.6) is 0 Å². The highest BCUT2D eigenvalue weighted by Gasteiger charge is 2.24. The fraction of sp³-hybridized carbons (Fsp3) is 0.385. The molecule has 2 heterocycles. The third-order valence-corrected chi connectivity index (χ3v) is 3.09. The van der Waals surface area contributed by atoms with Crippen molar-refractivity contribution >= 4 is 16.6 Å². The van der Waals surface area contributed by atoms with E-state index >= 15 is 0 Å². The van der Waals surface area contributed by atoms with Gasteiger partial charge in [-0.2, -0.15) is 0 Å². The lowest BCUT2D eigenvalue weighted by molar-refractivity contribution is -0.384. The van der Waals surface area contributed by atoms with Gasteiger partial charge in [0, 0.05) is 35.2 Å². The molecule has 0 saturated heterocycles. The quantitative estimate of drug-likeness (QED) is 0.172. The molecule has 7 nitrogen and oxygen atoms in total. The van der Waals surface area contributed by atoms with Gasteiger partial charge in [-0.15, -0.1) is 0 Å². The molecule has 0 bridgehead atoms. The van der Waals surface area contributed by atoms with Crippen molar-refractivity contribution in [1.82, 2.24) is 4.57 Å². The Labute approximate surface area is 115 Å². The number of hydrogen-bond acceptors (Lipinski definition) is 3. The summed E-state index contributed by atoms with van der Waals surface area (Å²) in [5, 5.41) is 14.8. The Hall–Kier alpha value is -2.53. The van der Waals surface area contributed by atoms with Gasteiger partial charge in [-0.1, -0.05) is 24.9 Å². The van der Waals surface area contributed by atoms with Crippen LogP contribution >= 0.6 is 0 Å². The molecule has 0 fully saturated rings. The smallest absolute Gasteiger partial charge is 0.270 e. The maximum Gasteiger partial charge on any atom is 0.270 e. The van der Waals surface area contributed by atoms with Crippen LogP contribution in [0.4, 0.5) is 5.69 Å². The number of fused-ring (bicyclic) bond motifs is 4. The lowest BCUT2D eigenvalue weighted by atomic mass is 10.2. The summed E-state index contributed by atoms with van der Waals surface area (Å²) >= 11 is 0. The molecule has 0 aliphatic carbocycles. The van der Waals surface area contributed by atoms with E-state index in [-0.39, 0.29) is 10.6 Å². The van der Waals surface area contributed by atoms with Gasteiger partial charge in [-0.25, -0.2) is 0 Å². The zero-order valence-corrected chi connectivity index (χ0v) is 11.2. The average molecular weight is 273 g/mol. The van der Waals surface area contributed by atoms with Crippen molar-refractivity contribution in [2.24, 2.45) is 5.11 Å². The molecule has 0 amide bonds. The summed E-state index contributed by atoms with van der Waals surface area (Å²) in [5.74, 6) is 0. The maximum absolute atomic E-state index is 10.4. The normalized spacial score (nSPS) is 10.4. The van der Waals surface area contributed by atoms with Crippen LogP contribution in [0.15, 0.2) is 29.5 Å². The van der Waals surface area contributed by atoms with Gasteiger partial charge in [-0.3, -0.25) is 10.1 Å². The van der Waals surface area contributed by atoms with Crippen LogP contribution in [0.25, 0.3) is 27.0 Å². The molecular weight excluding hydrogens is 258 g/mol. The second-order valence-corrected chi connectivity index (χ2v) is 4.50. The molecule has 3 rings (SSSR count). The number of non-ortho nitro benzene ring substituents is 1. The van der Waals surface area contributed by atoms with Crippen molar-refractivity contribution < 1.29 is 4.92 Å². The fourth-order valence-electron chi connectivity index (χ4n) is 1.97. The van der Waals surface area contributed by atoms with Crippen LogP contribution < -0.4 is 0 Å². The summed E-state index contributed by atoms with van der Waals surface area (Å²) in [6.45, 7) is 2.78. The Morgan fingerprint density at radius 1 is 1.45 bits per heavy atom. The van der Waals surface area contributed by atoms with E-state index in [1.807, 2.05) is 10.8 Å². The van der Waals surface area contributed by atoms with Crippen LogP contribution in [-0.2, 0) is 0 Å². The van der Waals surface area contributed by atoms with Crippen molar-refractivity contribution in [2.45, 2.75) is 26.2 Å². The van der Waals surface area contributed by atoms with Gasteiger partial charge >= 0.3 is 0 Å². The first kappa shape index (κ1) is 13.9. The molecule has 0 unspecified atom stereocenters. The number of hydrogen-bond donors (Lipinski definition) is 0. The SMILES string of the molecule is CCCCCN=[N+]=[N-].O=[N+]([O-])c1ccc2c(c1)c1cn2-1. The Morgan fingerprint density at radius 2 is 2.25 bits per heavy atom. The molecule has 0 aromatic heterocycles. The van der Waals surface area contributed by atoms with Gasteiger partial charge in [-0.05, 0) is 18.0 Å². The van der Waals surface area contributed by atoms with E-state index in [2.05, 4.69) is 16.9 Å². The van der Waals surface area contributed by atoms with E-state index in [0.717, 1.165) is 23.0 Å².